The van der Waals surface area contributed by atoms with Crippen LogP contribution in [-0.2, 0) is 9.59 Å². The summed E-state index contributed by atoms with van der Waals surface area (Å²) in [6.07, 6.45) is 6.56. The van der Waals surface area contributed by atoms with E-state index in [1.165, 1.54) is 18.9 Å². The Morgan fingerprint density at radius 2 is 1.92 bits per heavy atom. The standard InChI is InChI=1S/C21H31NO4/c1-11-6-9-15-14(10-11)8-7-12(2)21(15,4)19(25)16-18(24)17(13(3)23)22(5)20(16)26/h7-8,11-15,17,23,25H,6,9-10H2,1-5H3/t11-,12+,13-,14-,15-,17-,21-/m1/s1. The quantitative estimate of drug-likeness (QED) is 0.343. The number of ketones is 1. The lowest BCUT2D eigenvalue weighted by Gasteiger charge is -2.50. The van der Waals surface area contributed by atoms with E-state index in [-0.39, 0.29) is 23.2 Å². The molecule has 0 aromatic rings. The minimum Gasteiger partial charge on any atom is -0.511 e. The van der Waals surface area contributed by atoms with E-state index in [0.29, 0.717) is 11.8 Å². The van der Waals surface area contributed by atoms with Gasteiger partial charge in [0.15, 0.2) is 5.78 Å². The molecule has 0 unspecified atom stereocenters. The van der Waals surface area contributed by atoms with Crippen LogP contribution in [0.15, 0.2) is 23.5 Å². The molecule has 2 N–H and O–H groups in total. The number of fused-ring (bicyclic) bond motifs is 1. The third kappa shape index (κ3) is 2.63. The molecule has 1 saturated carbocycles. The molecule has 1 amide bonds. The Morgan fingerprint density at radius 3 is 2.50 bits per heavy atom. The fourth-order valence-electron chi connectivity index (χ4n) is 5.38. The normalized spacial score (nSPS) is 43.5. The van der Waals surface area contributed by atoms with Gasteiger partial charge in [0, 0.05) is 12.5 Å². The van der Waals surface area contributed by atoms with Crippen LogP contribution in [0.25, 0.3) is 0 Å². The summed E-state index contributed by atoms with van der Waals surface area (Å²) in [5, 5.41) is 21.2. The van der Waals surface area contributed by atoms with Crippen LogP contribution in [0.4, 0.5) is 0 Å². The van der Waals surface area contributed by atoms with E-state index in [9.17, 15) is 19.8 Å². The van der Waals surface area contributed by atoms with Crippen LogP contribution in [0.5, 0.6) is 0 Å². The van der Waals surface area contributed by atoms with Gasteiger partial charge in [0.2, 0.25) is 0 Å². The molecule has 144 valence electrons. The van der Waals surface area contributed by atoms with Gasteiger partial charge in [-0.15, -0.1) is 0 Å². The Bertz CT molecular complexity index is 679. The predicted molar refractivity (Wildman–Crippen MR) is 99.3 cm³/mol. The maximum absolute atomic E-state index is 12.9. The van der Waals surface area contributed by atoms with Crippen molar-refractivity contribution in [3.05, 3.63) is 23.5 Å². The molecule has 2 aliphatic carbocycles. The summed E-state index contributed by atoms with van der Waals surface area (Å²) in [6.45, 7) is 7.79. The number of hydrogen-bond donors (Lipinski definition) is 2. The summed E-state index contributed by atoms with van der Waals surface area (Å²) in [5.74, 6) is 0.219. The molecule has 3 aliphatic rings. The highest BCUT2D eigenvalue weighted by atomic mass is 16.3. The predicted octanol–water partition coefficient (Wildman–Crippen LogP) is 2.85. The number of allylic oxidation sites excluding steroid dienone is 3. The molecule has 2 fully saturated rings. The summed E-state index contributed by atoms with van der Waals surface area (Å²) >= 11 is 0. The molecular formula is C21H31NO4. The van der Waals surface area contributed by atoms with Gasteiger partial charge < -0.3 is 15.1 Å². The van der Waals surface area contributed by atoms with Gasteiger partial charge in [-0.3, -0.25) is 9.59 Å². The van der Waals surface area contributed by atoms with Gasteiger partial charge in [0.05, 0.1) is 6.10 Å². The zero-order valence-corrected chi connectivity index (χ0v) is 16.4. The Kier molecular flexibility index (Phi) is 4.80. The van der Waals surface area contributed by atoms with Gasteiger partial charge in [-0.1, -0.05) is 39.3 Å². The second kappa shape index (κ2) is 6.52. The first kappa shape index (κ1) is 19.2. The van der Waals surface area contributed by atoms with Crippen molar-refractivity contribution in [2.45, 2.75) is 59.1 Å². The van der Waals surface area contributed by atoms with Gasteiger partial charge >= 0.3 is 0 Å². The fourth-order valence-corrected chi connectivity index (χ4v) is 5.38. The summed E-state index contributed by atoms with van der Waals surface area (Å²) in [4.78, 5) is 26.8. The largest absolute Gasteiger partial charge is 0.511 e. The Morgan fingerprint density at radius 1 is 1.27 bits per heavy atom. The molecule has 5 nitrogen and oxygen atoms in total. The van der Waals surface area contributed by atoms with Gasteiger partial charge in [0.25, 0.3) is 5.91 Å². The highest BCUT2D eigenvalue weighted by molar-refractivity contribution is 6.27. The summed E-state index contributed by atoms with van der Waals surface area (Å²) in [6, 6.07) is -0.917. The van der Waals surface area contributed by atoms with Crippen LogP contribution in [0.1, 0.15) is 47.0 Å². The van der Waals surface area contributed by atoms with Gasteiger partial charge in [0.1, 0.15) is 17.4 Å². The number of Topliss-reactive ketones (excluding diaryl/α,β-unsaturated/α-hetero) is 1. The number of likely N-dealkylation sites (tertiary alicyclic amines) is 1. The molecule has 1 aliphatic heterocycles. The van der Waals surface area contributed by atoms with Gasteiger partial charge in [-0.25, -0.2) is 0 Å². The highest BCUT2D eigenvalue weighted by Crippen LogP contribution is 2.55. The van der Waals surface area contributed by atoms with Crippen molar-refractivity contribution >= 4 is 11.7 Å². The third-order valence-electron chi connectivity index (χ3n) is 7.20. The van der Waals surface area contributed by atoms with Gasteiger partial charge in [-0.05, 0) is 43.4 Å². The molecule has 0 aromatic heterocycles. The van der Waals surface area contributed by atoms with E-state index in [4.69, 9.17) is 0 Å². The molecule has 0 aromatic carbocycles. The maximum Gasteiger partial charge on any atom is 0.261 e. The maximum atomic E-state index is 12.9. The second-order valence-corrected chi connectivity index (χ2v) is 8.83. The molecule has 5 heteroatoms. The lowest BCUT2D eigenvalue weighted by molar-refractivity contribution is -0.128. The van der Waals surface area contributed by atoms with Crippen LogP contribution < -0.4 is 0 Å². The van der Waals surface area contributed by atoms with Crippen molar-refractivity contribution in [1.29, 1.82) is 0 Å². The molecular weight excluding hydrogens is 330 g/mol. The highest BCUT2D eigenvalue weighted by Gasteiger charge is 2.54. The van der Waals surface area contributed by atoms with E-state index in [1.807, 2.05) is 13.8 Å². The molecule has 0 bridgehead atoms. The van der Waals surface area contributed by atoms with Crippen molar-refractivity contribution in [3.8, 4) is 0 Å². The fraction of sp³-hybridized carbons (Fsp3) is 0.714. The first-order chi connectivity index (χ1) is 12.1. The lowest BCUT2D eigenvalue weighted by Crippen LogP contribution is -2.45. The number of rotatable bonds is 2. The topological polar surface area (TPSA) is 77.8 Å². The average Bonchev–Trinajstić information content (AvgIpc) is 2.79. The summed E-state index contributed by atoms with van der Waals surface area (Å²) in [7, 11) is 1.51. The zero-order chi connectivity index (χ0) is 19.4. The van der Waals surface area contributed by atoms with Crippen LogP contribution in [0.2, 0.25) is 0 Å². The molecule has 3 rings (SSSR count). The number of aliphatic hydroxyl groups excluding tert-OH is 2. The van der Waals surface area contributed by atoms with Crippen molar-refractivity contribution < 1.29 is 19.8 Å². The minimum absolute atomic E-state index is 0.0289. The summed E-state index contributed by atoms with van der Waals surface area (Å²) in [5.41, 5.74) is -0.769. The minimum atomic E-state index is -0.971. The number of likely N-dealkylation sites (N-methyl/N-ethyl adjacent to an activating group) is 1. The van der Waals surface area contributed by atoms with Crippen molar-refractivity contribution in [1.82, 2.24) is 4.90 Å². The number of hydrogen-bond acceptors (Lipinski definition) is 4. The van der Waals surface area contributed by atoms with E-state index in [0.717, 1.165) is 19.3 Å². The van der Waals surface area contributed by atoms with Crippen molar-refractivity contribution in [3.63, 3.8) is 0 Å². The SMILES string of the molecule is C[C@@H]1CC[C@@H]2[C@H](C=C[C@H](C)[C@@]2(C)C(O)=C2C(=O)[C@@H]([C@@H](C)O)N(C)C2=O)C1. The number of aliphatic hydroxyl groups is 2. The monoisotopic (exact) mass is 361 g/mol. The van der Waals surface area contributed by atoms with E-state index in [1.54, 1.807) is 0 Å². The molecule has 7 atom stereocenters. The second-order valence-electron chi connectivity index (χ2n) is 8.83. The lowest BCUT2D eigenvalue weighted by atomic mass is 9.54. The third-order valence-corrected chi connectivity index (χ3v) is 7.20. The van der Waals surface area contributed by atoms with Crippen LogP contribution in [-0.4, -0.2) is 46.0 Å². The Labute approximate surface area is 155 Å². The first-order valence-corrected chi connectivity index (χ1v) is 9.72. The smallest absolute Gasteiger partial charge is 0.261 e. The molecule has 0 spiro atoms. The number of nitrogens with zero attached hydrogens (tertiary/aromatic N) is 1. The van der Waals surface area contributed by atoms with Crippen LogP contribution in [0.3, 0.4) is 0 Å². The molecule has 1 heterocycles. The number of amides is 1. The van der Waals surface area contributed by atoms with Crippen molar-refractivity contribution in [2.24, 2.45) is 29.1 Å². The Hall–Kier alpha value is -1.62. The Balaban J connectivity index is 2.08. The molecule has 0 radical (unpaired) electrons. The summed E-state index contributed by atoms with van der Waals surface area (Å²) < 4.78 is 0. The molecule has 1 saturated heterocycles. The number of carbonyl (C=O) groups excluding carboxylic acids is 2. The number of carbonyl (C=O) groups is 2. The van der Waals surface area contributed by atoms with Crippen LogP contribution in [0, 0.1) is 29.1 Å². The van der Waals surface area contributed by atoms with E-state index < -0.39 is 29.3 Å². The van der Waals surface area contributed by atoms with Crippen LogP contribution >= 0.6 is 0 Å². The van der Waals surface area contributed by atoms with E-state index >= 15 is 0 Å². The van der Waals surface area contributed by atoms with Gasteiger partial charge in [-0.2, -0.15) is 0 Å². The zero-order valence-electron chi connectivity index (χ0n) is 16.4. The average molecular weight is 361 g/mol. The molecule has 26 heavy (non-hydrogen) atoms. The first-order valence-electron chi connectivity index (χ1n) is 9.72. The van der Waals surface area contributed by atoms with E-state index in [2.05, 4.69) is 19.1 Å². The van der Waals surface area contributed by atoms with Crippen molar-refractivity contribution in [2.75, 3.05) is 7.05 Å².